The first-order valence-corrected chi connectivity index (χ1v) is 7.36. The summed E-state index contributed by atoms with van der Waals surface area (Å²) in [7, 11) is 1.26. The summed E-state index contributed by atoms with van der Waals surface area (Å²) in [4.78, 5) is 16.4. The standard InChI is InChI=1S/C15H13F2IN2O2/c1-8-7-9(18)3-6-12(8)19-14-10(15(21)20-22-2)4-5-11(16)13(14)17/h3-7,19H,1-2H3,(H,20,21). The molecule has 2 rings (SSSR count). The number of rotatable bonds is 4. The molecule has 2 N–H and O–H groups in total. The molecular weight excluding hydrogens is 405 g/mol. The zero-order valence-electron chi connectivity index (χ0n) is 11.8. The Kier molecular flexibility index (Phi) is 5.30. The third-order valence-electron chi connectivity index (χ3n) is 2.98. The Balaban J connectivity index is 2.48. The lowest BCUT2D eigenvalue weighted by molar-refractivity contribution is 0.0538. The summed E-state index contributed by atoms with van der Waals surface area (Å²) in [6.45, 7) is 1.83. The van der Waals surface area contributed by atoms with E-state index < -0.39 is 17.5 Å². The molecule has 22 heavy (non-hydrogen) atoms. The summed E-state index contributed by atoms with van der Waals surface area (Å²) < 4.78 is 28.6. The maximum atomic E-state index is 14.1. The van der Waals surface area contributed by atoms with E-state index in [-0.39, 0.29) is 11.3 Å². The van der Waals surface area contributed by atoms with Crippen LogP contribution in [0.4, 0.5) is 20.2 Å². The fraction of sp³-hybridized carbons (Fsp3) is 0.133. The van der Waals surface area contributed by atoms with E-state index in [2.05, 4.69) is 38.2 Å². The van der Waals surface area contributed by atoms with E-state index >= 15 is 0 Å². The van der Waals surface area contributed by atoms with Crippen molar-refractivity contribution in [1.29, 1.82) is 0 Å². The van der Waals surface area contributed by atoms with Crippen LogP contribution < -0.4 is 10.8 Å². The molecule has 0 aromatic heterocycles. The zero-order valence-corrected chi connectivity index (χ0v) is 14.0. The van der Waals surface area contributed by atoms with Gasteiger partial charge in [-0.3, -0.25) is 9.63 Å². The van der Waals surface area contributed by atoms with Crippen molar-refractivity contribution in [2.24, 2.45) is 0 Å². The van der Waals surface area contributed by atoms with E-state index in [1.807, 2.05) is 19.1 Å². The van der Waals surface area contributed by atoms with Crippen LogP contribution in [0.3, 0.4) is 0 Å². The Bertz CT molecular complexity index is 723. The summed E-state index contributed by atoms with van der Waals surface area (Å²) in [6.07, 6.45) is 0. The minimum absolute atomic E-state index is 0.0568. The molecule has 0 aliphatic rings. The molecule has 116 valence electrons. The van der Waals surface area contributed by atoms with Gasteiger partial charge >= 0.3 is 0 Å². The highest BCUT2D eigenvalue weighted by molar-refractivity contribution is 14.1. The quantitative estimate of drug-likeness (QED) is 0.585. The van der Waals surface area contributed by atoms with Gasteiger partial charge in [-0.25, -0.2) is 14.3 Å². The summed E-state index contributed by atoms with van der Waals surface area (Å²) in [5.41, 5.74) is 3.22. The molecule has 0 heterocycles. The number of anilines is 2. The highest BCUT2D eigenvalue weighted by atomic mass is 127. The second kappa shape index (κ2) is 7.01. The minimum Gasteiger partial charge on any atom is -0.352 e. The van der Waals surface area contributed by atoms with Crippen LogP contribution in [0.25, 0.3) is 0 Å². The normalized spacial score (nSPS) is 10.4. The monoisotopic (exact) mass is 418 g/mol. The van der Waals surface area contributed by atoms with Gasteiger partial charge in [0.2, 0.25) is 0 Å². The maximum absolute atomic E-state index is 14.1. The molecule has 2 aromatic carbocycles. The topological polar surface area (TPSA) is 50.4 Å². The van der Waals surface area contributed by atoms with Gasteiger partial charge < -0.3 is 5.32 Å². The molecule has 2 aromatic rings. The molecule has 0 saturated heterocycles. The summed E-state index contributed by atoms with van der Waals surface area (Å²) in [5, 5.41) is 2.78. The molecule has 4 nitrogen and oxygen atoms in total. The summed E-state index contributed by atoms with van der Waals surface area (Å²) in [6, 6.07) is 7.53. The first kappa shape index (κ1) is 16.6. The van der Waals surface area contributed by atoms with Crippen LogP contribution >= 0.6 is 22.6 Å². The second-order valence-electron chi connectivity index (χ2n) is 4.50. The first-order valence-electron chi connectivity index (χ1n) is 6.28. The molecule has 7 heteroatoms. The van der Waals surface area contributed by atoms with Gasteiger partial charge in [-0.2, -0.15) is 0 Å². The smallest absolute Gasteiger partial charge is 0.277 e. The van der Waals surface area contributed by atoms with E-state index in [1.165, 1.54) is 13.2 Å². The van der Waals surface area contributed by atoms with Gasteiger partial charge in [0.05, 0.1) is 18.4 Å². The molecule has 0 aliphatic heterocycles. The Hall–Kier alpha value is -1.74. The Labute approximate surface area is 140 Å². The zero-order chi connectivity index (χ0) is 16.3. The fourth-order valence-corrected chi connectivity index (χ4v) is 2.56. The number of aryl methyl sites for hydroxylation is 1. The van der Waals surface area contributed by atoms with Gasteiger partial charge in [-0.05, 0) is 65.4 Å². The van der Waals surface area contributed by atoms with Crippen LogP contribution in [0.15, 0.2) is 30.3 Å². The van der Waals surface area contributed by atoms with Crippen molar-refractivity contribution in [3.63, 3.8) is 0 Å². The van der Waals surface area contributed by atoms with E-state index in [1.54, 1.807) is 6.07 Å². The van der Waals surface area contributed by atoms with Crippen molar-refractivity contribution >= 4 is 39.9 Å². The predicted molar refractivity (Wildman–Crippen MR) is 88.0 cm³/mol. The molecule has 0 radical (unpaired) electrons. The van der Waals surface area contributed by atoms with Gasteiger partial charge in [-0.15, -0.1) is 0 Å². The van der Waals surface area contributed by atoms with Gasteiger partial charge in [0.15, 0.2) is 11.6 Å². The average molecular weight is 418 g/mol. The van der Waals surface area contributed by atoms with Crippen LogP contribution in [-0.4, -0.2) is 13.0 Å². The van der Waals surface area contributed by atoms with Crippen molar-refractivity contribution in [3.8, 4) is 0 Å². The first-order chi connectivity index (χ1) is 10.4. The van der Waals surface area contributed by atoms with Crippen LogP contribution in [0.2, 0.25) is 0 Å². The molecule has 0 fully saturated rings. The Morgan fingerprint density at radius 3 is 2.59 bits per heavy atom. The highest BCUT2D eigenvalue weighted by Gasteiger charge is 2.19. The van der Waals surface area contributed by atoms with Gasteiger partial charge in [0.25, 0.3) is 5.91 Å². The van der Waals surface area contributed by atoms with Gasteiger partial charge in [0.1, 0.15) is 0 Å². The van der Waals surface area contributed by atoms with Gasteiger partial charge in [-0.1, -0.05) is 0 Å². The lowest BCUT2D eigenvalue weighted by Gasteiger charge is -2.15. The molecule has 0 bridgehead atoms. The predicted octanol–water partition coefficient (Wildman–Crippen LogP) is 3.91. The number of amides is 1. The summed E-state index contributed by atoms with van der Waals surface area (Å²) in [5.74, 6) is -2.84. The van der Waals surface area contributed by atoms with Gasteiger partial charge in [0, 0.05) is 9.26 Å². The average Bonchev–Trinajstić information content (AvgIpc) is 2.46. The minimum atomic E-state index is -1.12. The fourth-order valence-electron chi connectivity index (χ4n) is 1.91. The number of carbonyl (C=O) groups is 1. The van der Waals surface area contributed by atoms with Crippen LogP contribution in [-0.2, 0) is 4.84 Å². The largest absolute Gasteiger partial charge is 0.352 e. The molecule has 0 unspecified atom stereocenters. The molecular formula is C15H13F2IN2O2. The van der Waals surface area contributed by atoms with E-state index in [0.717, 1.165) is 15.2 Å². The number of hydrogen-bond donors (Lipinski definition) is 2. The molecule has 1 amide bonds. The number of carbonyl (C=O) groups excluding carboxylic acids is 1. The van der Waals surface area contributed by atoms with Crippen molar-refractivity contribution in [2.45, 2.75) is 6.92 Å². The molecule has 0 atom stereocenters. The van der Waals surface area contributed by atoms with Crippen molar-refractivity contribution in [3.05, 3.63) is 56.7 Å². The van der Waals surface area contributed by atoms with Crippen molar-refractivity contribution < 1.29 is 18.4 Å². The summed E-state index contributed by atoms with van der Waals surface area (Å²) >= 11 is 2.15. The number of hydroxylamine groups is 1. The number of halogens is 3. The van der Waals surface area contributed by atoms with Crippen LogP contribution in [0.1, 0.15) is 15.9 Å². The molecule has 0 saturated carbocycles. The van der Waals surface area contributed by atoms with Crippen molar-refractivity contribution in [1.82, 2.24) is 5.48 Å². The van der Waals surface area contributed by atoms with E-state index in [0.29, 0.717) is 5.69 Å². The third-order valence-corrected chi connectivity index (χ3v) is 3.65. The number of nitrogens with one attached hydrogen (secondary N) is 2. The number of hydrogen-bond acceptors (Lipinski definition) is 3. The van der Waals surface area contributed by atoms with Crippen LogP contribution in [0, 0.1) is 22.1 Å². The Morgan fingerprint density at radius 1 is 1.23 bits per heavy atom. The lowest BCUT2D eigenvalue weighted by Crippen LogP contribution is -2.23. The maximum Gasteiger partial charge on any atom is 0.277 e. The number of benzene rings is 2. The highest BCUT2D eigenvalue weighted by Crippen LogP contribution is 2.28. The SMILES string of the molecule is CONC(=O)c1ccc(F)c(F)c1Nc1ccc(I)cc1C. The van der Waals surface area contributed by atoms with E-state index in [9.17, 15) is 13.6 Å². The van der Waals surface area contributed by atoms with Crippen LogP contribution in [0.5, 0.6) is 0 Å². The third kappa shape index (κ3) is 3.53. The molecule has 0 spiro atoms. The van der Waals surface area contributed by atoms with Crippen molar-refractivity contribution in [2.75, 3.05) is 12.4 Å². The van der Waals surface area contributed by atoms with E-state index in [4.69, 9.17) is 0 Å². The lowest BCUT2D eigenvalue weighted by atomic mass is 10.1. The second-order valence-corrected chi connectivity index (χ2v) is 5.75. The Morgan fingerprint density at radius 2 is 1.95 bits per heavy atom. The molecule has 0 aliphatic carbocycles.